The molecule has 1 N–H and O–H groups in total. The lowest BCUT2D eigenvalue weighted by atomic mass is 9.92. The molecule has 0 saturated carbocycles. The summed E-state index contributed by atoms with van der Waals surface area (Å²) in [5, 5.41) is 2.87. The Hall–Kier alpha value is -2.90. The fraction of sp³-hybridized carbons (Fsp3) is 0.476. The van der Waals surface area contributed by atoms with Gasteiger partial charge >= 0.3 is 0 Å². The number of fused-ring (bicyclic) bond motifs is 1. The highest BCUT2D eigenvalue weighted by molar-refractivity contribution is 5.94. The molecule has 0 aromatic carbocycles. The van der Waals surface area contributed by atoms with E-state index in [1.54, 1.807) is 12.1 Å². The van der Waals surface area contributed by atoms with Crippen LogP contribution in [0.1, 0.15) is 38.4 Å². The van der Waals surface area contributed by atoms with Crippen LogP contribution >= 0.6 is 0 Å². The molecule has 156 valence electrons. The number of halogens is 1. The van der Waals surface area contributed by atoms with Gasteiger partial charge in [0.15, 0.2) is 5.75 Å². The van der Waals surface area contributed by atoms with Crippen LogP contribution in [0.5, 0.6) is 11.6 Å². The quantitative estimate of drug-likeness (QED) is 0.771. The van der Waals surface area contributed by atoms with E-state index in [4.69, 9.17) is 9.47 Å². The molecule has 0 fully saturated rings. The minimum atomic E-state index is -0.464. The summed E-state index contributed by atoms with van der Waals surface area (Å²) in [6, 6.07) is 4.89. The summed E-state index contributed by atoms with van der Waals surface area (Å²) in [6.07, 6.45) is 0.969. The topological polar surface area (TPSA) is 76.6 Å². The van der Waals surface area contributed by atoms with E-state index in [-0.39, 0.29) is 17.2 Å². The molecule has 0 atom stereocenters. The number of carbonyl (C=O) groups excluding carboxylic acids is 1. The average Bonchev–Trinajstić information content (AvgIpc) is 2.66. The Morgan fingerprint density at radius 1 is 1.24 bits per heavy atom. The molecule has 29 heavy (non-hydrogen) atoms. The maximum atomic E-state index is 13.4. The molecular formula is C21H27FN4O3. The molecule has 0 aliphatic carbocycles. The van der Waals surface area contributed by atoms with Crippen molar-refractivity contribution in [3.05, 3.63) is 35.4 Å². The second kappa shape index (κ2) is 8.23. The number of aromatic nitrogens is 2. The van der Waals surface area contributed by atoms with Crippen molar-refractivity contribution in [2.24, 2.45) is 5.41 Å². The molecule has 3 rings (SSSR count). The Morgan fingerprint density at radius 2 is 2.00 bits per heavy atom. The molecule has 0 spiro atoms. The molecule has 1 amide bonds. The molecular weight excluding hydrogens is 375 g/mol. The van der Waals surface area contributed by atoms with Gasteiger partial charge in [-0.3, -0.25) is 4.79 Å². The van der Waals surface area contributed by atoms with E-state index in [2.05, 4.69) is 15.3 Å². The van der Waals surface area contributed by atoms with Gasteiger partial charge in [-0.25, -0.2) is 4.98 Å². The van der Waals surface area contributed by atoms with Crippen molar-refractivity contribution >= 4 is 17.4 Å². The Kier molecular flexibility index (Phi) is 5.91. The predicted octanol–water partition coefficient (Wildman–Crippen LogP) is 3.57. The SMILES string of the molecule is COc1cc(N2CCc3nc(F)ccc3C2)nc(OC)c1NC(=O)CC(C)(C)C. The fourth-order valence-corrected chi connectivity index (χ4v) is 3.32. The zero-order valence-corrected chi connectivity index (χ0v) is 17.5. The van der Waals surface area contributed by atoms with E-state index in [1.165, 1.54) is 20.3 Å². The Morgan fingerprint density at radius 3 is 2.66 bits per heavy atom. The van der Waals surface area contributed by atoms with E-state index >= 15 is 0 Å². The van der Waals surface area contributed by atoms with E-state index in [1.807, 2.05) is 25.7 Å². The Balaban J connectivity index is 1.88. The van der Waals surface area contributed by atoms with Crippen molar-refractivity contribution in [2.45, 2.75) is 40.2 Å². The summed E-state index contributed by atoms with van der Waals surface area (Å²) >= 11 is 0. The normalized spacial score (nSPS) is 13.7. The number of rotatable bonds is 5. The monoisotopic (exact) mass is 402 g/mol. The number of nitrogens with zero attached hydrogens (tertiary/aromatic N) is 3. The minimum absolute atomic E-state index is 0.136. The first-order chi connectivity index (χ1) is 13.7. The summed E-state index contributed by atoms with van der Waals surface area (Å²) in [5.74, 6) is 0.807. The van der Waals surface area contributed by atoms with Gasteiger partial charge in [-0.2, -0.15) is 9.37 Å². The molecule has 0 radical (unpaired) electrons. The van der Waals surface area contributed by atoms with Gasteiger partial charge in [-0.1, -0.05) is 26.8 Å². The summed E-state index contributed by atoms with van der Waals surface area (Å²) in [6.45, 7) is 7.18. The van der Waals surface area contributed by atoms with Gasteiger partial charge < -0.3 is 19.7 Å². The number of anilines is 2. The molecule has 2 aromatic rings. The van der Waals surface area contributed by atoms with Crippen LogP contribution in [0, 0.1) is 11.4 Å². The molecule has 8 heteroatoms. The third-order valence-electron chi connectivity index (χ3n) is 4.64. The van der Waals surface area contributed by atoms with E-state index in [0.717, 1.165) is 11.3 Å². The van der Waals surface area contributed by atoms with Crippen molar-refractivity contribution in [1.82, 2.24) is 9.97 Å². The number of nitrogens with one attached hydrogen (secondary N) is 1. The molecule has 0 bridgehead atoms. The zero-order valence-electron chi connectivity index (χ0n) is 17.5. The third kappa shape index (κ3) is 4.93. The van der Waals surface area contributed by atoms with Gasteiger partial charge in [-0.05, 0) is 17.0 Å². The number of hydrogen-bond acceptors (Lipinski definition) is 6. The third-order valence-corrected chi connectivity index (χ3v) is 4.64. The first-order valence-corrected chi connectivity index (χ1v) is 9.52. The maximum Gasteiger partial charge on any atom is 0.243 e. The second-order valence-corrected chi connectivity index (χ2v) is 8.26. The fourth-order valence-electron chi connectivity index (χ4n) is 3.32. The minimum Gasteiger partial charge on any atom is -0.494 e. The molecule has 3 heterocycles. The summed E-state index contributed by atoms with van der Waals surface area (Å²) in [7, 11) is 3.04. The van der Waals surface area contributed by atoms with Crippen LogP contribution in [0.2, 0.25) is 0 Å². The highest BCUT2D eigenvalue weighted by Crippen LogP contribution is 2.38. The van der Waals surface area contributed by atoms with Crippen molar-refractivity contribution < 1.29 is 18.7 Å². The lowest BCUT2D eigenvalue weighted by molar-refractivity contribution is -0.117. The van der Waals surface area contributed by atoms with Crippen LogP contribution in [0.4, 0.5) is 15.9 Å². The van der Waals surface area contributed by atoms with Crippen LogP contribution in [-0.2, 0) is 17.8 Å². The standard InChI is InChI=1S/C21H27FN4O3/c1-21(2,3)11-18(27)25-19-15(28-4)10-17(24-20(19)29-5)26-9-8-14-13(12-26)6-7-16(22)23-14/h6-7,10H,8-9,11-12H2,1-5H3,(H,25,27). The smallest absolute Gasteiger partial charge is 0.243 e. The van der Waals surface area contributed by atoms with Crippen molar-refractivity contribution in [3.63, 3.8) is 0 Å². The Labute approximate surface area is 170 Å². The van der Waals surface area contributed by atoms with Gasteiger partial charge in [-0.15, -0.1) is 0 Å². The van der Waals surface area contributed by atoms with Crippen LogP contribution in [-0.4, -0.2) is 36.6 Å². The number of methoxy groups -OCH3 is 2. The maximum absolute atomic E-state index is 13.4. The number of hydrogen-bond donors (Lipinski definition) is 1. The van der Waals surface area contributed by atoms with Gasteiger partial charge in [0.2, 0.25) is 17.7 Å². The molecule has 0 unspecified atom stereocenters. The zero-order chi connectivity index (χ0) is 21.2. The van der Waals surface area contributed by atoms with Crippen LogP contribution < -0.4 is 19.7 Å². The van der Waals surface area contributed by atoms with Crippen LogP contribution in [0.15, 0.2) is 18.2 Å². The van der Waals surface area contributed by atoms with Gasteiger partial charge in [0.25, 0.3) is 0 Å². The number of amides is 1. The van der Waals surface area contributed by atoms with Gasteiger partial charge in [0.05, 0.1) is 19.9 Å². The van der Waals surface area contributed by atoms with Crippen LogP contribution in [0.3, 0.4) is 0 Å². The van der Waals surface area contributed by atoms with E-state index < -0.39 is 5.95 Å². The number of ether oxygens (including phenoxy) is 2. The summed E-state index contributed by atoms with van der Waals surface area (Å²) < 4.78 is 24.3. The lowest BCUT2D eigenvalue weighted by Gasteiger charge is -2.30. The molecule has 0 saturated heterocycles. The number of carbonyl (C=O) groups is 1. The highest BCUT2D eigenvalue weighted by atomic mass is 19.1. The molecule has 2 aromatic heterocycles. The van der Waals surface area contributed by atoms with Gasteiger partial charge in [0, 0.05) is 32.0 Å². The second-order valence-electron chi connectivity index (χ2n) is 8.26. The largest absolute Gasteiger partial charge is 0.494 e. The first-order valence-electron chi connectivity index (χ1n) is 9.52. The first kappa shape index (κ1) is 20.8. The highest BCUT2D eigenvalue weighted by Gasteiger charge is 2.24. The number of pyridine rings is 2. The Bertz CT molecular complexity index is 886. The lowest BCUT2D eigenvalue weighted by Crippen LogP contribution is -2.32. The summed E-state index contributed by atoms with van der Waals surface area (Å²) in [5.41, 5.74) is 1.99. The molecule has 1 aliphatic heterocycles. The average molecular weight is 402 g/mol. The summed E-state index contributed by atoms with van der Waals surface area (Å²) in [4.78, 5) is 23.0. The van der Waals surface area contributed by atoms with Crippen LogP contribution in [0.25, 0.3) is 0 Å². The molecule has 7 nitrogen and oxygen atoms in total. The van der Waals surface area contributed by atoms with E-state index in [0.29, 0.717) is 43.2 Å². The van der Waals surface area contributed by atoms with Crippen molar-refractivity contribution in [3.8, 4) is 11.6 Å². The van der Waals surface area contributed by atoms with Crippen molar-refractivity contribution in [1.29, 1.82) is 0 Å². The van der Waals surface area contributed by atoms with Gasteiger partial charge in [0.1, 0.15) is 11.5 Å². The molecule has 1 aliphatic rings. The van der Waals surface area contributed by atoms with E-state index in [9.17, 15) is 9.18 Å². The predicted molar refractivity (Wildman–Crippen MR) is 109 cm³/mol. The van der Waals surface area contributed by atoms with Crippen molar-refractivity contribution in [2.75, 3.05) is 31.0 Å².